The Morgan fingerprint density at radius 3 is 1.75 bits per heavy atom. The fourth-order valence-corrected chi connectivity index (χ4v) is 2.35. The number of rotatable bonds is 9. The molecule has 20 heavy (non-hydrogen) atoms. The molecular weight excluding hydrogens is 254 g/mol. The molecule has 0 radical (unpaired) electrons. The minimum absolute atomic E-state index is 0.266. The third-order valence-corrected chi connectivity index (χ3v) is 3.26. The SMILES string of the molecule is NCCN(CCN)C(Cn1cccn1)Cn1cccn1. The topological polar surface area (TPSA) is 90.9 Å². The molecule has 110 valence electrons. The van der Waals surface area contributed by atoms with Gasteiger partial charge in [0.25, 0.3) is 0 Å². The molecule has 2 aromatic rings. The zero-order valence-corrected chi connectivity index (χ0v) is 11.7. The fraction of sp³-hybridized carbons (Fsp3) is 0.538. The first-order chi connectivity index (χ1) is 9.83. The number of aromatic nitrogens is 4. The van der Waals surface area contributed by atoms with E-state index in [0.29, 0.717) is 13.1 Å². The van der Waals surface area contributed by atoms with E-state index in [1.54, 1.807) is 12.4 Å². The van der Waals surface area contributed by atoms with Gasteiger partial charge in [0, 0.05) is 57.0 Å². The lowest BCUT2D eigenvalue weighted by atomic mass is 10.2. The Morgan fingerprint density at radius 2 is 1.40 bits per heavy atom. The highest BCUT2D eigenvalue weighted by atomic mass is 15.3. The summed E-state index contributed by atoms with van der Waals surface area (Å²) in [5.74, 6) is 0. The summed E-state index contributed by atoms with van der Waals surface area (Å²) >= 11 is 0. The summed E-state index contributed by atoms with van der Waals surface area (Å²) in [7, 11) is 0. The molecule has 7 heteroatoms. The Hall–Kier alpha value is -1.70. The summed E-state index contributed by atoms with van der Waals surface area (Å²) in [6, 6.07) is 4.13. The molecule has 0 spiro atoms. The van der Waals surface area contributed by atoms with Gasteiger partial charge in [0.1, 0.15) is 0 Å². The zero-order valence-electron chi connectivity index (χ0n) is 11.7. The zero-order chi connectivity index (χ0) is 14.2. The van der Waals surface area contributed by atoms with Crippen LogP contribution < -0.4 is 11.5 Å². The average Bonchev–Trinajstić information content (AvgIpc) is 3.11. The van der Waals surface area contributed by atoms with Gasteiger partial charge in [0.05, 0.1) is 13.1 Å². The average molecular weight is 277 g/mol. The minimum Gasteiger partial charge on any atom is -0.329 e. The van der Waals surface area contributed by atoms with E-state index in [1.807, 2.05) is 33.9 Å². The van der Waals surface area contributed by atoms with Crippen LogP contribution in [0.1, 0.15) is 0 Å². The Morgan fingerprint density at radius 1 is 0.900 bits per heavy atom. The van der Waals surface area contributed by atoms with Crippen molar-refractivity contribution in [3.8, 4) is 0 Å². The maximum atomic E-state index is 5.72. The summed E-state index contributed by atoms with van der Waals surface area (Å²) < 4.78 is 3.88. The Kier molecular flexibility index (Phi) is 5.72. The van der Waals surface area contributed by atoms with Gasteiger partial charge in [0.2, 0.25) is 0 Å². The molecule has 0 amide bonds. The summed E-state index contributed by atoms with van der Waals surface area (Å²) in [4.78, 5) is 2.31. The molecule has 2 rings (SSSR count). The standard InChI is InChI=1S/C13H23N7/c14-3-9-18(10-4-15)13(11-19-7-1-5-16-19)12-20-8-2-6-17-20/h1-2,5-8,13H,3-4,9-12,14-15H2. The fourth-order valence-electron chi connectivity index (χ4n) is 2.35. The van der Waals surface area contributed by atoms with Crippen LogP contribution in [0, 0.1) is 0 Å². The van der Waals surface area contributed by atoms with Crippen LogP contribution in [0.25, 0.3) is 0 Å². The van der Waals surface area contributed by atoms with Crippen LogP contribution in [0.2, 0.25) is 0 Å². The highest BCUT2D eigenvalue weighted by Crippen LogP contribution is 2.05. The summed E-state index contributed by atoms with van der Waals surface area (Å²) in [6.45, 7) is 4.48. The van der Waals surface area contributed by atoms with E-state index in [-0.39, 0.29) is 6.04 Å². The second-order valence-electron chi connectivity index (χ2n) is 4.72. The van der Waals surface area contributed by atoms with Gasteiger partial charge in [-0.1, -0.05) is 0 Å². The highest BCUT2D eigenvalue weighted by Gasteiger charge is 2.19. The maximum absolute atomic E-state index is 5.72. The molecule has 2 aromatic heterocycles. The smallest absolute Gasteiger partial charge is 0.0582 e. The normalized spacial score (nSPS) is 11.6. The van der Waals surface area contributed by atoms with Gasteiger partial charge < -0.3 is 11.5 Å². The van der Waals surface area contributed by atoms with Crippen LogP contribution in [-0.4, -0.2) is 56.7 Å². The lowest BCUT2D eigenvalue weighted by Gasteiger charge is -2.31. The molecule has 0 aromatic carbocycles. The number of nitrogens with zero attached hydrogens (tertiary/aromatic N) is 5. The molecule has 0 unspecified atom stereocenters. The highest BCUT2D eigenvalue weighted by molar-refractivity contribution is 4.83. The van der Waals surface area contributed by atoms with E-state index < -0.39 is 0 Å². The van der Waals surface area contributed by atoms with Crippen molar-refractivity contribution >= 4 is 0 Å². The van der Waals surface area contributed by atoms with Crippen LogP contribution in [-0.2, 0) is 13.1 Å². The molecule has 0 aliphatic carbocycles. The second-order valence-corrected chi connectivity index (χ2v) is 4.72. The summed E-state index contributed by atoms with van der Waals surface area (Å²) in [5, 5.41) is 8.57. The number of hydrogen-bond donors (Lipinski definition) is 2. The van der Waals surface area contributed by atoms with Crippen molar-refractivity contribution in [2.24, 2.45) is 11.5 Å². The monoisotopic (exact) mass is 277 g/mol. The number of nitrogens with two attached hydrogens (primary N) is 2. The first kappa shape index (κ1) is 14.7. The van der Waals surface area contributed by atoms with Crippen molar-refractivity contribution in [3.05, 3.63) is 36.9 Å². The molecule has 0 bridgehead atoms. The Bertz CT molecular complexity index is 409. The molecule has 0 atom stereocenters. The van der Waals surface area contributed by atoms with Crippen molar-refractivity contribution < 1.29 is 0 Å². The van der Waals surface area contributed by atoms with Crippen molar-refractivity contribution in [1.29, 1.82) is 0 Å². The first-order valence-electron chi connectivity index (χ1n) is 6.92. The van der Waals surface area contributed by atoms with Crippen LogP contribution in [0.4, 0.5) is 0 Å². The van der Waals surface area contributed by atoms with E-state index in [1.165, 1.54) is 0 Å². The van der Waals surface area contributed by atoms with Gasteiger partial charge in [-0.15, -0.1) is 0 Å². The maximum Gasteiger partial charge on any atom is 0.0582 e. The molecule has 7 nitrogen and oxygen atoms in total. The lowest BCUT2D eigenvalue weighted by molar-refractivity contribution is 0.161. The van der Waals surface area contributed by atoms with Crippen molar-refractivity contribution in [1.82, 2.24) is 24.5 Å². The second kappa shape index (κ2) is 7.78. The summed E-state index contributed by atoms with van der Waals surface area (Å²) in [6.07, 6.45) is 7.53. The van der Waals surface area contributed by atoms with Crippen molar-refractivity contribution in [2.75, 3.05) is 26.2 Å². The third kappa shape index (κ3) is 4.16. The van der Waals surface area contributed by atoms with Gasteiger partial charge in [0.15, 0.2) is 0 Å². The Balaban J connectivity index is 2.08. The van der Waals surface area contributed by atoms with E-state index in [0.717, 1.165) is 26.2 Å². The molecule has 2 heterocycles. The van der Waals surface area contributed by atoms with E-state index in [2.05, 4.69) is 15.1 Å². The number of hydrogen-bond acceptors (Lipinski definition) is 5. The van der Waals surface area contributed by atoms with Gasteiger partial charge in [-0.3, -0.25) is 14.3 Å². The van der Waals surface area contributed by atoms with Gasteiger partial charge in [-0.05, 0) is 12.1 Å². The van der Waals surface area contributed by atoms with E-state index >= 15 is 0 Å². The molecule has 0 aliphatic heterocycles. The van der Waals surface area contributed by atoms with Gasteiger partial charge in [-0.25, -0.2) is 0 Å². The third-order valence-electron chi connectivity index (χ3n) is 3.26. The predicted molar refractivity (Wildman–Crippen MR) is 77.9 cm³/mol. The van der Waals surface area contributed by atoms with Crippen molar-refractivity contribution in [2.45, 2.75) is 19.1 Å². The largest absolute Gasteiger partial charge is 0.329 e. The van der Waals surface area contributed by atoms with E-state index in [4.69, 9.17) is 11.5 Å². The van der Waals surface area contributed by atoms with Gasteiger partial charge >= 0.3 is 0 Å². The summed E-state index contributed by atoms with van der Waals surface area (Å²) in [5.41, 5.74) is 11.4. The first-order valence-corrected chi connectivity index (χ1v) is 6.92. The van der Waals surface area contributed by atoms with Crippen LogP contribution >= 0.6 is 0 Å². The molecule has 0 fully saturated rings. The van der Waals surface area contributed by atoms with Gasteiger partial charge in [-0.2, -0.15) is 10.2 Å². The molecule has 0 saturated carbocycles. The van der Waals surface area contributed by atoms with Crippen LogP contribution in [0.5, 0.6) is 0 Å². The van der Waals surface area contributed by atoms with Crippen LogP contribution in [0.3, 0.4) is 0 Å². The quantitative estimate of drug-likeness (QED) is 0.637. The molecule has 0 aliphatic rings. The molecule has 4 N–H and O–H groups in total. The molecule has 0 saturated heterocycles. The minimum atomic E-state index is 0.266. The van der Waals surface area contributed by atoms with E-state index in [9.17, 15) is 0 Å². The lowest BCUT2D eigenvalue weighted by Crippen LogP contribution is -2.46. The van der Waals surface area contributed by atoms with Crippen LogP contribution in [0.15, 0.2) is 36.9 Å². The predicted octanol–water partition coefficient (Wildman–Crippen LogP) is -0.632. The molecular formula is C13H23N7. The van der Waals surface area contributed by atoms with Crippen molar-refractivity contribution in [3.63, 3.8) is 0 Å². The Labute approximate surface area is 119 Å².